The smallest absolute Gasteiger partial charge is 0.261 e. The normalized spacial score (nSPS) is 15.5. The molecule has 0 bridgehead atoms. The molecule has 0 aromatic heterocycles. The highest BCUT2D eigenvalue weighted by Gasteiger charge is 2.19. The molecule has 0 heterocycles. The highest BCUT2D eigenvalue weighted by molar-refractivity contribution is 6.04. The minimum atomic E-state index is -0.890. The predicted octanol–water partition coefficient (Wildman–Crippen LogP) is 4.32. The number of aliphatic hydroxyl groups is 1. The number of anilines is 1. The second-order valence-corrected chi connectivity index (χ2v) is 6.19. The van der Waals surface area contributed by atoms with Crippen molar-refractivity contribution >= 4 is 17.2 Å². The number of carbonyl (C=O) groups excluding carboxylic acids is 1. The van der Waals surface area contributed by atoms with Crippen molar-refractivity contribution in [3.8, 4) is 0 Å². The number of allylic oxidation sites excluding steroid dienone is 1. The van der Waals surface area contributed by atoms with Crippen molar-refractivity contribution in [2.24, 2.45) is 0 Å². The van der Waals surface area contributed by atoms with Crippen molar-refractivity contribution in [2.45, 2.75) is 26.2 Å². The SMILES string of the molecule is CC(CO)=C1CCCc2cc(NC(=O)c3c(F)cccc3F)ccc21. The van der Waals surface area contributed by atoms with Crippen LogP contribution in [-0.2, 0) is 6.42 Å². The van der Waals surface area contributed by atoms with E-state index in [2.05, 4.69) is 5.32 Å². The zero-order valence-corrected chi connectivity index (χ0v) is 13.9. The van der Waals surface area contributed by atoms with E-state index in [1.165, 1.54) is 6.07 Å². The molecule has 2 N–H and O–H groups in total. The van der Waals surface area contributed by atoms with Gasteiger partial charge in [0.2, 0.25) is 0 Å². The van der Waals surface area contributed by atoms with Crippen molar-refractivity contribution in [3.63, 3.8) is 0 Å². The Labute approximate surface area is 145 Å². The lowest BCUT2D eigenvalue weighted by Gasteiger charge is -2.22. The summed E-state index contributed by atoms with van der Waals surface area (Å²) in [6.45, 7) is 1.92. The molecular formula is C20H19F2NO2. The van der Waals surface area contributed by atoms with Gasteiger partial charge in [-0.05, 0) is 72.7 Å². The molecule has 2 aromatic rings. The second-order valence-electron chi connectivity index (χ2n) is 6.19. The maximum absolute atomic E-state index is 13.7. The van der Waals surface area contributed by atoms with Gasteiger partial charge in [-0.25, -0.2) is 8.78 Å². The summed E-state index contributed by atoms with van der Waals surface area (Å²) >= 11 is 0. The molecule has 0 fully saturated rings. The van der Waals surface area contributed by atoms with Gasteiger partial charge in [0.15, 0.2) is 0 Å². The zero-order valence-electron chi connectivity index (χ0n) is 13.9. The van der Waals surface area contributed by atoms with E-state index in [0.717, 1.165) is 53.7 Å². The van der Waals surface area contributed by atoms with E-state index in [1.807, 2.05) is 19.1 Å². The van der Waals surface area contributed by atoms with Crippen LogP contribution in [0.3, 0.4) is 0 Å². The fraction of sp³-hybridized carbons (Fsp3) is 0.250. The van der Waals surface area contributed by atoms with Gasteiger partial charge in [0, 0.05) is 5.69 Å². The highest BCUT2D eigenvalue weighted by Crippen LogP contribution is 2.34. The number of hydrogen-bond donors (Lipinski definition) is 2. The van der Waals surface area contributed by atoms with Crippen molar-refractivity contribution in [3.05, 3.63) is 70.3 Å². The molecule has 0 saturated carbocycles. The number of halogens is 2. The van der Waals surface area contributed by atoms with Gasteiger partial charge >= 0.3 is 0 Å². The summed E-state index contributed by atoms with van der Waals surface area (Å²) < 4.78 is 27.5. The number of hydrogen-bond acceptors (Lipinski definition) is 2. The Balaban J connectivity index is 1.90. The summed E-state index contributed by atoms with van der Waals surface area (Å²) in [5.41, 5.74) is 4.09. The van der Waals surface area contributed by atoms with Crippen molar-refractivity contribution < 1.29 is 18.7 Å². The molecule has 0 atom stereocenters. The van der Waals surface area contributed by atoms with Crippen LogP contribution in [0.4, 0.5) is 14.5 Å². The monoisotopic (exact) mass is 343 g/mol. The maximum Gasteiger partial charge on any atom is 0.261 e. The first kappa shape index (κ1) is 17.3. The molecule has 1 aliphatic rings. The number of amides is 1. The first-order valence-corrected chi connectivity index (χ1v) is 8.19. The third-order valence-corrected chi connectivity index (χ3v) is 4.50. The molecule has 3 rings (SSSR count). The summed E-state index contributed by atoms with van der Waals surface area (Å²) in [7, 11) is 0. The fourth-order valence-electron chi connectivity index (χ4n) is 3.21. The molecule has 0 saturated heterocycles. The molecule has 0 aliphatic heterocycles. The lowest BCUT2D eigenvalue weighted by atomic mass is 9.85. The Hall–Kier alpha value is -2.53. The quantitative estimate of drug-likeness (QED) is 0.872. The third-order valence-electron chi connectivity index (χ3n) is 4.50. The molecular weight excluding hydrogens is 324 g/mol. The number of fused-ring (bicyclic) bond motifs is 1. The lowest BCUT2D eigenvalue weighted by molar-refractivity contribution is 0.101. The van der Waals surface area contributed by atoms with Gasteiger partial charge in [-0.1, -0.05) is 12.1 Å². The van der Waals surface area contributed by atoms with Crippen molar-refractivity contribution in [1.29, 1.82) is 0 Å². The molecule has 25 heavy (non-hydrogen) atoms. The molecule has 2 aromatic carbocycles. The molecule has 0 spiro atoms. The highest BCUT2D eigenvalue weighted by atomic mass is 19.1. The van der Waals surface area contributed by atoms with E-state index in [1.54, 1.807) is 6.07 Å². The van der Waals surface area contributed by atoms with Crippen LogP contribution in [0.5, 0.6) is 0 Å². The van der Waals surface area contributed by atoms with Crippen LogP contribution in [-0.4, -0.2) is 17.6 Å². The number of aryl methyl sites for hydroxylation is 1. The minimum Gasteiger partial charge on any atom is -0.392 e. The van der Waals surface area contributed by atoms with Gasteiger partial charge in [-0.2, -0.15) is 0 Å². The van der Waals surface area contributed by atoms with Crippen LogP contribution >= 0.6 is 0 Å². The van der Waals surface area contributed by atoms with Crippen LogP contribution in [0.2, 0.25) is 0 Å². The summed E-state index contributed by atoms with van der Waals surface area (Å²) in [5, 5.41) is 11.9. The van der Waals surface area contributed by atoms with Crippen LogP contribution < -0.4 is 5.32 Å². The van der Waals surface area contributed by atoms with Gasteiger partial charge in [-0.15, -0.1) is 0 Å². The van der Waals surface area contributed by atoms with E-state index < -0.39 is 23.1 Å². The maximum atomic E-state index is 13.7. The fourth-order valence-corrected chi connectivity index (χ4v) is 3.21. The summed E-state index contributed by atoms with van der Waals surface area (Å²) in [4.78, 5) is 12.2. The topological polar surface area (TPSA) is 49.3 Å². The third kappa shape index (κ3) is 3.46. The van der Waals surface area contributed by atoms with Gasteiger partial charge < -0.3 is 10.4 Å². The summed E-state index contributed by atoms with van der Waals surface area (Å²) in [6, 6.07) is 8.76. The predicted molar refractivity (Wildman–Crippen MR) is 93.4 cm³/mol. The van der Waals surface area contributed by atoms with Gasteiger partial charge in [0.1, 0.15) is 17.2 Å². The minimum absolute atomic E-state index is 0.0137. The second kappa shape index (κ2) is 7.15. The lowest BCUT2D eigenvalue weighted by Crippen LogP contribution is -2.16. The summed E-state index contributed by atoms with van der Waals surface area (Å²) in [6.07, 6.45) is 2.72. The van der Waals surface area contributed by atoms with E-state index >= 15 is 0 Å². The first-order chi connectivity index (χ1) is 12.0. The van der Waals surface area contributed by atoms with E-state index in [-0.39, 0.29) is 6.61 Å². The largest absolute Gasteiger partial charge is 0.392 e. The number of benzene rings is 2. The molecule has 1 aliphatic carbocycles. The summed E-state index contributed by atoms with van der Waals surface area (Å²) in [5.74, 6) is -2.59. The van der Waals surface area contributed by atoms with E-state index in [4.69, 9.17) is 0 Å². The van der Waals surface area contributed by atoms with Crippen LogP contribution in [0.1, 0.15) is 41.3 Å². The average molecular weight is 343 g/mol. The number of carbonyl (C=O) groups is 1. The molecule has 1 amide bonds. The molecule has 0 unspecified atom stereocenters. The average Bonchev–Trinajstić information content (AvgIpc) is 2.60. The first-order valence-electron chi connectivity index (χ1n) is 8.19. The Morgan fingerprint density at radius 3 is 2.56 bits per heavy atom. The Bertz CT molecular complexity index is 839. The van der Waals surface area contributed by atoms with Crippen LogP contribution in [0.25, 0.3) is 5.57 Å². The molecule has 3 nitrogen and oxygen atoms in total. The molecule has 0 radical (unpaired) electrons. The number of rotatable bonds is 3. The van der Waals surface area contributed by atoms with E-state index in [9.17, 15) is 18.7 Å². The zero-order chi connectivity index (χ0) is 18.0. The van der Waals surface area contributed by atoms with Crippen molar-refractivity contribution in [2.75, 3.05) is 11.9 Å². The standard InChI is InChI=1S/C20H19F2NO2/c1-12(11-24)15-5-2-4-13-10-14(8-9-16(13)15)23-20(25)19-17(21)6-3-7-18(19)22/h3,6-10,24H,2,4-5,11H2,1H3,(H,23,25). The van der Waals surface area contributed by atoms with Crippen molar-refractivity contribution in [1.82, 2.24) is 0 Å². The molecule has 130 valence electrons. The van der Waals surface area contributed by atoms with Crippen LogP contribution in [0.15, 0.2) is 42.0 Å². The molecule has 5 heteroatoms. The van der Waals surface area contributed by atoms with Gasteiger partial charge in [-0.3, -0.25) is 4.79 Å². The van der Waals surface area contributed by atoms with Gasteiger partial charge in [0.25, 0.3) is 5.91 Å². The number of aliphatic hydroxyl groups excluding tert-OH is 1. The Morgan fingerprint density at radius 2 is 1.88 bits per heavy atom. The number of nitrogens with one attached hydrogen (secondary N) is 1. The van der Waals surface area contributed by atoms with E-state index in [0.29, 0.717) is 5.69 Å². The van der Waals surface area contributed by atoms with Crippen LogP contribution in [0, 0.1) is 11.6 Å². The van der Waals surface area contributed by atoms with Gasteiger partial charge in [0.05, 0.1) is 6.61 Å². The Kier molecular flexibility index (Phi) is 4.95. The Morgan fingerprint density at radius 1 is 1.16 bits per heavy atom.